The normalized spacial score (nSPS) is 15.9. The zero-order valence-electron chi connectivity index (χ0n) is 20.7. The van der Waals surface area contributed by atoms with Gasteiger partial charge >= 0.3 is 6.03 Å². The van der Waals surface area contributed by atoms with E-state index in [1.807, 2.05) is 50.2 Å². The highest BCUT2D eigenvalue weighted by molar-refractivity contribution is 5.87. The first-order valence-corrected chi connectivity index (χ1v) is 12.0. The van der Waals surface area contributed by atoms with Gasteiger partial charge in [-0.15, -0.1) is 0 Å². The van der Waals surface area contributed by atoms with Crippen LogP contribution in [0.2, 0.25) is 0 Å². The average molecular weight is 477 g/mol. The van der Waals surface area contributed by atoms with Gasteiger partial charge in [0.2, 0.25) is 5.82 Å². The molecule has 1 aromatic heterocycles. The summed E-state index contributed by atoms with van der Waals surface area (Å²) in [5, 5.41) is 7.37. The van der Waals surface area contributed by atoms with Crippen molar-refractivity contribution < 1.29 is 18.8 Å². The van der Waals surface area contributed by atoms with Crippen LogP contribution in [0.5, 0.6) is 5.75 Å². The fraction of sp³-hybridized carbons (Fsp3) is 0.370. The monoisotopic (exact) mass is 476 g/mol. The Morgan fingerprint density at radius 1 is 1.14 bits per heavy atom. The highest BCUT2D eigenvalue weighted by Crippen LogP contribution is 2.38. The van der Waals surface area contributed by atoms with E-state index in [4.69, 9.17) is 19.0 Å². The van der Waals surface area contributed by atoms with Crippen LogP contribution in [0.25, 0.3) is 17.0 Å². The van der Waals surface area contributed by atoms with Gasteiger partial charge in [0, 0.05) is 31.0 Å². The molecule has 0 saturated carbocycles. The predicted molar refractivity (Wildman–Crippen MR) is 134 cm³/mol. The minimum Gasteiger partial charge on any atom is -0.497 e. The van der Waals surface area contributed by atoms with Crippen molar-refractivity contribution in [2.75, 3.05) is 26.9 Å². The van der Waals surface area contributed by atoms with E-state index in [1.54, 1.807) is 12.0 Å². The number of nitrogens with zero attached hydrogens (tertiary/aromatic N) is 3. The third-order valence-corrected chi connectivity index (χ3v) is 6.17. The van der Waals surface area contributed by atoms with Crippen LogP contribution in [0.1, 0.15) is 50.3 Å². The number of rotatable bonds is 10. The maximum Gasteiger partial charge on any atom is 0.322 e. The number of aryl methyl sites for hydroxylation is 1. The van der Waals surface area contributed by atoms with Crippen molar-refractivity contribution in [2.45, 2.75) is 39.7 Å². The Kier molecular flexibility index (Phi) is 7.82. The third kappa shape index (κ3) is 5.38. The molecule has 184 valence electrons. The summed E-state index contributed by atoms with van der Waals surface area (Å²) in [7, 11) is 1.62. The molecule has 0 saturated heterocycles. The van der Waals surface area contributed by atoms with Crippen molar-refractivity contribution in [1.29, 1.82) is 0 Å². The van der Waals surface area contributed by atoms with E-state index in [0.717, 1.165) is 28.8 Å². The number of hydrogen-bond donors (Lipinski definition) is 1. The number of nitrogens with one attached hydrogen (secondary N) is 1. The number of methoxy groups -OCH3 is 1. The summed E-state index contributed by atoms with van der Waals surface area (Å²) < 4.78 is 16.6. The zero-order chi connectivity index (χ0) is 24.8. The summed E-state index contributed by atoms with van der Waals surface area (Å²) in [5.41, 5.74) is 4.52. The van der Waals surface area contributed by atoms with Gasteiger partial charge in [0.05, 0.1) is 18.7 Å². The average Bonchev–Trinajstić information content (AvgIpc) is 3.37. The summed E-state index contributed by atoms with van der Waals surface area (Å²) >= 11 is 0. The smallest absolute Gasteiger partial charge is 0.322 e. The lowest BCUT2D eigenvalue weighted by atomic mass is 9.94. The molecule has 3 aromatic rings. The van der Waals surface area contributed by atoms with Crippen molar-refractivity contribution in [1.82, 2.24) is 20.4 Å². The van der Waals surface area contributed by atoms with E-state index in [1.165, 1.54) is 5.56 Å². The van der Waals surface area contributed by atoms with E-state index >= 15 is 0 Å². The number of aromatic nitrogens is 2. The molecule has 8 heteroatoms. The van der Waals surface area contributed by atoms with Crippen molar-refractivity contribution in [3.63, 3.8) is 0 Å². The Balaban J connectivity index is 1.73. The summed E-state index contributed by atoms with van der Waals surface area (Å²) in [6.45, 7) is 7.74. The number of carbonyl (C=O) groups excluding carboxylic acids is 1. The predicted octanol–water partition coefficient (Wildman–Crippen LogP) is 5.23. The number of hydrogen-bond acceptors (Lipinski definition) is 6. The summed E-state index contributed by atoms with van der Waals surface area (Å²) in [6.07, 6.45) is 1.68. The van der Waals surface area contributed by atoms with Gasteiger partial charge in [0.1, 0.15) is 5.75 Å². The van der Waals surface area contributed by atoms with Gasteiger partial charge in [-0.1, -0.05) is 48.5 Å². The number of amides is 2. The van der Waals surface area contributed by atoms with E-state index in [0.29, 0.717) is 43.6 Å². The second-order valence-electron chi connectivity index (χ2n) is 8.33. The SMILES string of the molecule is CCOCCCN1C(=O)NC(c2cccc(OC)c2)C(c2nc(-c3ccc(CC)cc3)no2)=C1C. The van der Waals surface area contributed by atoms with Crippen LogP contribution in [-0.4, -0.2) is 47.9 Å². The third-order valence-electron chi connectivity index (χ3n) is 6.17. The molecule has 1 aliphatic heterocycles. The molecule has 1 unspecified atom stereocenters. The molecule has 1 aliphatic rings. The minimum absolute atomic E-state index is 0.175. The highest BCUT2D eigenvalue weighted by Gasteiger charge is 2.35. The molecule has 0 radical (unpaired) electrons. The van der Waals surface area contributed by atoms with Gasteiger partial charge in [-0.2, -0.15) is 4.98 Å². The number of allylic oxidation sites excluding steroid dienone is 1. The summed E-state index contributed by atoms with van der Waals surface area (Å²) in [5.74, 6) is 1.59. The molecule has 4 rings (SSSR count). The molecule has 0 spiro atoms. The second kappa shape index (κ2) is 11.2. The standard InChI is InChI=1S/C27H32N4O4/c1-5-19-11-13-20(14-12-19)25-29-26(35-30-25)23-18(3)31(15-8-16-34-6-2)27(32)28-24(23)21-9-7-10-22(17-21)33-4/h7,9-14,17,24H,5-6,8,15-16H2,1-4H3,(H,28,32). The molecule has 8 nitrogen and oxygen atoms in total. The quantitative estimate of drug-likeness (QED) is 0.403. The van der Waals surface area contributed by atoms with E-state index in [-0.39, 0.29) is 6.03 Å². The van der Waals surface area contributed by atoms with Gasteiger partial charge in [-0.05, 0) is 49.9 Å². The Morgan fingerprint density at radius 2 is 1.94 bits per heavy atom. The van der Waals surface area contributed by atoms with Crippen LogP contribution < -0.4 is 10.1 Å². The molecule has 0 fully saturated rings. The van der Waals surface area contributed by atoms with Gasteiger partial charge in [-0.25, -0.2) is 4.79 Å². The summed E-state index contributed by atoms with van der Waals surface area (Å²) in [6, 6.07) is 15.1. The highest BCUT2D eigenvalue weighted by atomic mass is 16.5. The fourth-order valence-electron chi connectivity index (χ4n) is 4.21. The molecule has 2 aromatic carbocycles. The van der Waals surface area contributed by atoms with Crippen molar-refractivity contribution >= 4 is 11.6 Å². The van der Waals surface area contributed by atoms with Crippen LogP contribution in [0, 0.1) is 0 Å². The fourth-order valence-corrected chi connectivity index (χ4v) is 4.21. The number of benzene rings is 2. The van der Waals surface area contributed by atoms with Gasteiger partial charge in [0.15, 0.2) is 0 Å². The molecule has 1 atom stereocenters. The molecule has 2 amide bonds. The van der Waals surface area contributed by atoms with Crippen molar-refractivity contribution in [3.05, 3.63) is 71.2 Å². The van der Waals surface area contributed by atoms with Crippen molar-refractivity contribution in [3.8, 4) is 17.1 Å². The van der Waals surface area contributed by atoms with E-state index in [9.17, 15) is 4.79 Å². The molecule has 0 aliphatic carbocycles. The lowest BCUT2D eigenvalue weighted by molar-refractivity contribution is 0.136. The maximum absolute atomic E-state index is 13.1. The number of ether oxygens (including phenoxy) is 2. The Bertz CT molecular complexity index is 1190. The second-order valence-corrected chi connectivity index (χ2v) is 8.33. The van der Waals surface area contributed by atoms with E-state index < -0.39 is 6.04 Å². The molecule has 2 heterocycles. The van der Waals surface area contributed by atoms with Gasteiger partial charge in [-0.3, -0.25) is 4.90 Å². The first kappa shape index (κ1) is 24.5. The molecule has 0 bridgehead atoms. The van der Waals surface area contributed by atoms with Gasteiger partial charge in [0.25, 0.3) is 5.89 Å². The molecule has 1 N–H and O–H groups in total. The van der Waals surface area contributed by atoms with Crippen LogP contribution >= 0.6 is 0 Å². The Hall–Kier alpha value is -3.65. The number of urea groups is 1. The van der Waals surface area contributed by atoms with E-state index in [2.05, 4.69) is 29.5 Å². The number of carbonyl (C=O) groups is 1. The largest absolute Gasteiger partial charge is 0.497 e. The Labute approximate surface area is 205 Å². The molecule has 35 heavy (non-hydrogen) atoms. The molecular weight excluding hydrogens is 444 g/mol. The lowest BCUT2D eigenvalue weighted by Crippen LogP contribution is -2.46. The Morgan fingerprint density at radius 3 is 2.66 bits per heavy atom. The van der Waals surface area contributed by atoms with Crippen LogP contribution in [0.15, 0.2) is 58.8 Å². The van der Waals surface area contributed by atoms with Gasteiger partial charge < -0.3 is 19.3 Å². The van der Waals surface area contributed by atoms with Crippen LogP contribution in [-0.2, 0) is 11.2 Å². The first-order valence-electron chi connectivity index (χ1n) is 12.0. The van der Waals surface area contributed by atoms with Crippen LogP contribution in [0.3, 0.4) is 0 Å². The minimum atomic E-state index is -0.462. The lowest BCUT2D eigenvalue weighted by Gasteiger charge is -2.35. The topological polar surface area (TPSA) is 89.7 Å². The first-order chi connectivity index (χ1) is 17.0. The molecular formula is C27H32N4O4. The zero-order valence-corrected chi connectivity index (χ0v) is 20.7. The van der Waals surface area contributed by atoms with Crippen molar-refractivity contribution in [2.24, 2.45) is 0 Å². The van der Waals surface area contributed by atoms with Crippen LogP contribution in [0.4, 0.5) is 4.79 Å². The summed E-state index contributed by atoms with van der Waals surface area (Å²) in [4.78, 5) is 19.6. The maximum atomic E-state index is 13.1.